The molecule has 0 bridgehead atoms. The third-order valence-electron chi connectivity index (χ3n) is 3.45. The smallest absolute Gasteiger partial charge is 0.147 e. The van der Waals surface area contributed by atoms with Crippen LogP contribution in [0, 0.1) is 0 Å². The van der Waals surface area contributed by atoms with Crippen LogP contribution >= 0.6 is 24.8 Å². The molecule has 2 rings (SSSR count). The summed E-state index contributed by atoms with van der Waals surface area (Å²) < 4.78 is 7.67. The molecule has 0 saturated heterocycles. The van der Waals surface area contributed by atoms with Gasteiger partial charge in [0.2, 0.25) is 0 Å². The molecule has 0 unspecified atom stereocenters. The normalized spacial score (nSPS) is 13.8. The van der Waals surface area contributed by atoms with Gasteiger partial charge in [-0.1, -0.05) is 0 Å². The maximum absolute atomic E-state index is 5.95. The second-order valence-corrected chi connectivity index (χ2v) is 11.0. The fourth-order valence-corrected chi connectivity index (χ4v) is 6.34. The summed E-state index contributed by atoms with van der Waals surface area (Å²) in [4.78, 5) is 0. The summed E-state index contributed by atoms with van der Waals surface area (Å²) in [5, 5.41) is 0. The Balaban J connectivity index is 0.00000200. The van der Waals surface area contributed by atoms with Crippen LogP contribution in [0.5, 0.6) is 0 Å². The molecular weight excluding hydrogens is 339 g/mol. The van der Waals surface area contributed by atoms with Crippen LogP contribution < -0.4 is 3.87 Å². The number of halogens is 2. The standard InChI is InChI=1S/C12H11.C4H9.CH3O.2ClH.Ti/c1-10-7-8-12(9-10)11-5-3-2-4-6-11;1-4(2)3;1-2;;;/h2-5,7,9H,8H2,1H3;1-3H3;1H3;2*1H;/q;;-1;;;+1. The molecule has 21 heavy (non-hydrogen) atoms. The zero-order valence-corrected chi connectivity index (χ0v) is 16.6. The first-order valence-corrected chi connectivity index (χ1v) is 9.02. The van der Waals surface area contributed by atoms with Gasteiger partial charge in [0.1, 0.15) is 0 Å². The SMILES string of the molecule is C[O][Ti]([c]1ccccc1C1=CC(C)=CC1)[C](C)(C)C.Cl.Cl. The summed E-state index contributed by atoms with van der Waals surface area (Å²) in [5.74, 6) is 0. The van der Waals surface area contributed by atoms with Gasteiger partial charge in [-0.2, -0.15) is 0 Å². The Labute approximate surface area is 148 Å². The van der Waals surface area contributed by atoms with Crippen molar-refractivity contribution in [2.24, 2.45) is 0 Å². The van der Waals surface area contributed by atoms with Gasteiger partial charge in [-0.15, -0.1) is 24.8 Å². The first kappa shape index (κ1) is 21.0. The van der Waals surface area contributed by atoms with Crippen LogP contribution in [0.25, 0.3) is 5.57 Å². The minimum atomic E-state index is -1.75. The van der Waals surface area contributed by atoms with Crippen molar-refractivity contribution >= 4 is 34.3 Å². The van der Waals surface area contributed by atoms with E-state index in [2.05, 4.69) is 64.1 Å². The summed E-state index contributed by atoms with van der Waals surface area (Å²) >= 11 is -1.75. The molecule has 0 N–H and O–H groups in total. The summed E-state index contributed by atoms with van der Waals surface area (Å²) in [6.07, 6.45) is 5.67. The molecule has 0 radical (unpaired) electrons. The van der Waals surface area contributed by atoms with Crippen molar-refractivity contribution < 1.29 is 21.6 Å². The first-order chi connectivity index (χ1) is 8.93. The number of benzene rings is 1. The average Bonchev–Trinajstić information content (AvgIpc) is 2.75. The third-order valence-corrected chi connectivity index (χ3v) is 7.66. The van der Waals surface area contributed by atoms with E-state index in [1.807, 2.05) is 7.11 Å². The van der Waals surface area contributed by atoms with Gasteiger partial charge < -0.3 is 0 Å². The molecule has 1 aliphatic carbocycles. The largest absolute Gasteiger partial charge is 0.147 e. The zero-order chi connectivity index (χ0) is 14.0. The van der Waals surface area contributed by atoms with Crippen LogP contribution in [0.1, 0.15) is 39.7 Å². The van der Waals surface area contributed by atoms with E-state index in [1.165, 1.54) is 20.6 Å². The van der Waals surface area contributed by atoms with Gasteiger partial charge >= 0.3 is 124 Å². The number of hydrogen-bond donors (Lipinski definition) is 0. The summed E-state index contributed by atoms with van der Waals surface area (Å²) in [6.45, 7) is 9.08. The quantitative estimate of drug-likeness (QED) is 0.663. The van der Waals surface area contributed by atoms with Gasteiger partial charge in [0, 0.05) is 0 Å². The van der Waals surface area contributed by atoms with Crippen LogP contribution in [-0.2, 0) is 21.6 Å². The molecule has 1 aliphatic rings. The fraction of sp³-hybridized carbons (Fsp3) is 0.412. The third kappa shape index (κ3) is 4.98. The van der Waals surface area contributed by atoms with Crippen molar-refractivity contribution in [2.45, 2.75) is 37.8 Å². The Hall–Kier alpha value is -0.0457. The monoisotopic (exact) mass is 363 g/mol. The summed E-state index contributed by atoms with van der Waals surface area (Å²) in [5.41, 5.74) is 4.22. The van der Waals surface area contributed by atoms with E-state index in [0.717, 1.165) is 6.42 Å². The molecule has 0 saturated carbocycles. The van der Waals surface area contributed by atoms with E-state index < -0.39 is 18.3 Å². The summed E-state index contributed by atoms with van der Waals surface area (Å²) in [7, 11) is 1.88. The predicted octanol–water partition coefficient (Wildman–Crippen LogP) is 5.29. The molecule has 117 valence electrons. The van der Waals surface area contributed by atoms with E-state index in [1.54, 1.807) is 0 Å². The number of rotatable bonds is 3. The van der Waals surface area contributed by atoms with Crippen LogP contribution in [0.3, 0.4) is 0 Å². The zero-order valence-electron chi connectivity index (χ0n) is 13.4. The van der Waals surface area contributed by atoms with Crippen LogP contribution in [0.2, 0.25) is 3.72 Å². The molecule has 0 aromatic heterocycles. The van der Waals surface area contributed by atoms with Crippen molar-refractivity contribution in [3.8, 4) is 0 Å². The minimum absolute atomic E-state index is 0. The van der Waals surface area contributed by atoms with Gasteiger partial charge in [0.05, 0.1) is 0 Å². The van der Waals surface area contributed by atoms with Crippen LogP contribution in [0.15, 0.2) is 42.0 Å². The second-order valence-electron chi connectivity index (χ2n) is 6.15. The van der Waals surface area contributed by atoms with Crippen molar-refractivity contribution in [1.82, 2.24) is 0 Å². The second kappa shape index (κ2) is 8.55. The summed E-state index contributed by atoms with van der Waals surface area (Å²) in [6, 6.07) is 8.81. The van der Waals surface area contributed by atoms with Gasteiger partial charge in [0.25, 0.3) is 0 Å². The van der Waals surface area contributed by atoms with Gasteiger partial charge in [-0.3, -0.25) is 0 Å². The van der Waals surface area contributed by atoms with Gasteiger partial charge in [-0.05, 0) is 0 Å². The Morgan fingerprint density at radius 1 is 1.10 bits per heavy atom. The molecule has 1 aromatic carbocycles. The predicted molar refractivity (Wildman–Crippen MR) is 93.6 cm³/mol. The molecule has 0 spiro atoms. The van der Waals surface area contributed by atoms with Crippen molar-refractivity contribution in [2.75, 3.05) is 7.11 Å². The van der Waals surface area contributed by atoms with Gasteiger partial charge in [-0.25, -0.2) is 0 Å². The van der Waals surface area contributed by atoms with Crippen molar-refractivity contribution in [3.63, 3.8) is 0 Å². The number of hydrogen-bond acceptors (Lipinski definition) is 1. The van der Waals surface area contributed by atoms with E-state index in [0.29, 0.717) is 0 Å². The van der Waals surface area contributed by atoms with Crippen LogP contribution in [0.4, 0.5) is 0 Å². The number of allylic oxidation sites excluding steroid dienone is 4. The average molecular weight is 364 g/mol. The molecular formula is C17H25Cl2OTi. The Morgan fingerprint density at radius 2 is 1.71 bits per heavy atom. The molecule has 0 aliphatic heterocycles. The van der Waals surface area contributed by atoms with Gasteiger partial charge in [0.15, 0.2) is 0 Å². The maximum Gasteiger partial charge on any atom is -0.147 e. The molecule has 0 amide bonds. The minimum Gasteiger partial charge on any atom is -0.147 e. The topological polar surface area (TPSA) is 9.23 Å². The molecule has 1 nitrogen and oxygen atoms in total. The first-order valence-electron chi connectivity index (χ1n) is 6.82. The van der Waals surface area contributed by atoms with Crippen molar-refractivity contribution in [1.29, 1.82) is 0 Å². The van der Waals surface area contributed by atoms with E-state index >= 15 is 0 Å². The Morgan fingerprint density at radius 3 is 2.19 bits per heavy atom. The Bertz CT molecular complexity index is 530. The molecule has 1 aromatic rings. The molecule has 0 heterocycles. The maximum atomic E-state index is 5.95. The molecule has 0 atom stereocenters. The van der Waals surface area contributed by atoms with E-state index in [9.17, 15) is 0 Å². The van der Waals surface area contributed by atoms with Crippen LogP contribution in [-0.4, -0.2) is 7.11 Å². The van der Waals surface area contributed by atoms with Crippen molar-refractivity contribution in [3.05, 3.63) is 47.6 Å². The molecule has 0 fully saturated rings. The van der Waals surface area contributed by atoms with E-state index in [4.69, 9.17) is 3.32 Å². The fourth-order valence-electron chi connectivity index (χ4n) is 2.63. The Kier molecular flexibility index (Phi) is 8.53. The van der Waals surface area contributed by atoms with E-state index in [-0.39, 0.29) is 28.5 Å². The molecule has 4 heteroatoms.